The third-order valence-corrected chi connectivity index (χ3v) is 4.33. The second-order valence-corrected chi connectivity index (χ2v) is 6.51. The van der Waals surface area contributed by atoms with Gasteiger partial charge in [0.15, 0.2) is 0 Å². The minimum atomic E-state index is 0.387. The predicted molar refractivity (Wildman–Crippen MR) is 76.3 cm³/mol. The first-order chi connectivity index (χ1) is 7.99. The van der Waals surface area contributed by atoms with Crippen LogP contribution < -0.4 is 5.32 Å². The third kappa shape index (κ3) is 3.01. The summed E-state index contributed by atoms with van der Waals surface area (Å²) in [6, 6.07) is 4.69. The van der Waals surface area contributed by atoms with Crippen molar-refractivity contribution in [3.63, 3.8) is 0 Å². The number of aryl methyl sites for hydroxylation is 1. The molecule has 1 aromatic heterocycles. The summed E-state index contributed by atoms with van der Waals surface area (Å²) >= 11 is 3.41. The molecule has 2 nitrogen and oxygen atoms in total. The van der Waals surface area contributed by atoms with Gasteiger partial charge in [-0.05, 0) is 53.2 Å². The maximum atomic E-state index is 4.44. The monoisotopic (exact) mass is 296 g/mol. The number of halogens is 1. The molecular formula is C14H21BrN2. The minimum Gasteiger partial charge on any atom is -0.380 e. The average Bonchev–Trinajstić information content (AvgIpc) is 2.24. The molecule has 1 saturated carbocycles. The number of aromatic nitrogens is 1. The number of anilines is 1. The standard InChI is InChI=1S/C14H21BrN2/c1-10-11(7-8-13(15)16-10)17-12-6-4-5-9-14(12,2)3/h7-8,12,17H,4-6,9H2,1-3H3. The van der Waals surface area contributed by atoms with Gasteiger partial charge in [0.05, 0.1) is 11.4 Å². The highest BCUT2D eigenvalue weighted by molar-refractivity contribution is 9.10. The second-order valence-electron chi connectivity index (χ2n) is 5.70. The van der Waals surface area contributed by atoms with Crippen LogP contribution in [-0.2, 0) is 0 Å². The fourth-order valence-electron chi connectivity index (χ4n) is 2.63. The van der Waals surface area contributed by atoms with E-state index >= 15 is 0 Å². The van der Waals surface area contributed by atoms with Gasteiger partial charge in [-0.25, -0.2) is 4.98 Å². The minimum absolute atomic E-state index is 0.387. The first-order valence-electron chi connectivity index (χ1n) is 6.39. The van der Waals surface area contributed by atoms with Gasteiger partial charge in [-0.3, -0.25) is 0 Å². The van der Waals surface area contributed by atoms with Crippen molar-refractivity contribution in [2.45, 2.75) is 52.5 Å². The van der Waals surface area contributed by atoms with Gasteiger partial charge in [-0.15, -0.1) is 0 Å². The summed E-state index contributed by atoms with van der Waals surface area (Å²) in [4.78, 5) is 4.44. The van der Waals surface area contributed by atoms with Crippen molar-refractivity contribution < 1.29 is 0 Å². The fraction of sp³-hybridized carbons (Fsp3) is 0.643. The zero-order chi connectivity index (χ0) is 12.5. The molecule has 0 aliphatic heterocycles. The molecule has 0 bridgehead atoms. The molecule has 1 atom stereocenters. The van der Waals surface area contributed by atoms with Crippen LogP contribution >= 0.6 is 15.9 Å². The van der Waals surface area contributed by atoms with Gasteiger partial charge in [0.2, 0.25) is 0 Å². The molecule has 17 heavy (non-hydrogen) atoms. The van der Waals surface area contributed by atoms with E-state index in [1.165, 1.54) is 31.4 Å². The highest BCUT2D eigenvalue weighted by Gasteiger charge is 2.32. The molecule has 1 N–H and O–H groups in total. The van der Waals surface area contributed by atoms with Crippen molar-refractivity contribution in [1.29, 1.82) is 0 Å². The molecule has 1 fully saturated rings. The maximum Gasteiger partial charge on any atom is 0.106 e. The van der Waals surface area contributed by atoms with Crippen LogP contribution in [-0.4, -0.2) is 11.0 Å². The van der Waals surface area contributed by atoms with E-state index in [4.69, 9.17) is 0 Å². The van der Waals surface area contributed by atoms with Gasteiger partial charge >= 0.3 is 0 Å². The summed E-state index contributed by atoms with van der Waals surface area (Å²) in [6.07, 6.45) is 5.28. The van der Waals surface area contributed by atoms with Crippen LogP contribution in [0.3, 0.4) is 0 Å². The molecule has 0 radical (unpaired) electrons. The van der Waals surface area contributed by atoms with Crippen LogP contribution in [0.25, 0.3) is 0 Å². The number of hydrogen-bond acceptors (Lipinski definition) is 2. The van der Waals surface area contributed by atoms with Gasteiger partial charge in [0.1, 0.15) is 4.60 Å². The highest BCUT2D eigenvalue weighted by atomic mass is 79.9. The van der Waals surface area contributed by atoms with E-state index in [-0.39, 0.29) is 0 Å². The summed E-state index contributed by atoms with van der Waals surface area (Å²) in [5, 5.41) is 3.68. The van der Waals surface area contributed by atoms with Gasteiger partial charge < -0.3 is 5.32 Å². The van der Waals surface area contributed by atoms with Gasteiger partial charge in [0.25, 0.3) is 0 Å². The molecule has 94 valence electrons. The molecule has 3 heteroatoms. The highest BCUT2D eigenvalue weighted by Crippen LogP contribution is 2.37. The van der Waals surface area contributed by atoms with Gasteiger partial charge in [-0.2, -0.15) is 0 Å². The Morgan fingerprint density at radius 2 is 2.12 bits per heavy atom. The topological polar surface area (TPSA) is 24.9 Å². The Hall–Kier alpha value is -0.570. The van der Waals surface area contributed by atoms with Crippen LogP contribution in [0.2, 0.25) is 0 Å². The Balaban J connectivity index is 2.14. The average molecular weight is 297 g/mol. The molecule has 1 unspecified atom stereocenters. The van der Waals surface area contributed by atoms with E-state index in [2.05, 4.69) is 53.1 Å². The Morgan fingerprint density at radius 3 is 2.76 bits per heavy atom. The molecule has 1 aliphatic rings. The van der Waals surface area contributed by atoms with Crippen LogP contribution in [0.5, 0.6) is 0 Å². The lowest BCUT2D eigenvalue weighted by molar-refractivity contribution is 0.217. The second kappa shape index (κ2) is 4.97. The van der Waals surface area contributed by atoms with Crippen molar-refractivity contribution in [1.82, 2.24) is 4.98 Å². The number of nitrogens with one attached hydrogen (secondary N) is 1. The zero-order valence-corrected chi connectivity index (χ0v) is 12.5. The summed E-state index contributed by atoms with van der Waals surface area (Å²) in [6.45, 7) is 6.79. The fourth-order valence-corrected chi connectivity index (χ4v) is 3.03. The Kier molecular flexibility index (Phi) is 3.76. The van der Waals surface area contributed by atoms with Gasteiger partial charge in [0, 0.05) is 6.04 Å². The number of rotatable bonds is 2. The molecular weight excluding hydrogens is 276 g/mol. The van der Waals surface area contributed by atoms with Crippen LogP contribution in [0.4, 0.5) is 5.69 Å². The number of nitrogens with zero attached hydrogens (tertiary/aromatic N) is 1. The predicted octanol–water partition coefficient (Wildman–Crippen LogP) is 4.53. The van der Waals surface area contributed by atoms with E-state index in [1.54, 1.807) is 0 Å². The van der Waals surface area contributed by atoms with Crippen molar-refractivity contribution in [3.05, 3.63) is 22.4 Å². The molecule has 0 saturated heterocycles. The van der Waals surface area contributed by atoms with E-state index in [0.717, 1.165) is 10.3 Å². The lowest BCUT2D eigenvalue weighted by atomic mass is 9.73. The Labute approximate surface area is 112 Å². The largest absolute Gasteiger partial charge is 0.380 e. The van der Waals surface area contributed by atoms with Crippen molar-refractivity contribution in [2.75, 3.05) is 5.32 Å². The SMILES string of the molecule is Cc1nc(Br)ccc1NC1CCCCC1(C)C. The molecule has 1 aliphatic carbocycles. The van der Waals surface area contributed by atoms with Crippen molar-refractivity contribution in [2.24, 2.45) is 5.41 Å². The molecule has 1 heterocycles. The van der Waals surface area contributed by atoms with E-state index in [0.29, 0.717) is 11.5 Å². The van der Waals surface area contributed by atoms with Gasteiger partial charge in [-0.1, -0.05) is 26.7 Å². The van der Waals surface area contributed by atoms with E-state index in [1.807, 2.05) is 6.07 Å². The molecule has 0 aromatic carbocycles. The first-order valence-corrected chi connectivity index (χ1v) is 7.18. The van der Waals surface area contributed by atoms with Crippen LogP contribution in [0.1, 0.15) is 45.2 Å². The summed E-state index contributed by atoms with van der Waals surface area (Å²) in [7, 11) is 0. The van der Waals surface area contributed by atoms with Crippen molar-refractivity contribution >= 4 is 21.6 Å². The number of hydrogen-bond donors (Lipinski definition) is 1. The van der Waals surface area contributed by atoms with Crippen LogP contribution in [0.15, 0.2) is 16.7 Å². The first kappa shape index (κ1) is 12.9. The normalized spacial score (nSPS) is 23.4. The Bertz CT molecular complexity index is 401. The lowest BCUT2D eigenvalue weighted by Crippen LogP contribution is -2.39. The lowest BCUT2D eigenvalue weighted by Gasteiger charge is -2.39. The summed E-state index contributed by atoms with van der Waals surface area (Å²) in [5.74, 6) is 0. The maximum absolute atomic E-state index is 4.44. The quantitative estimate of drug-likeness (QED) is 0.811. The Morgan fingerprint density at radius 1 is 1.35 bits per heavy atom. The smallest absolute Gasteiger partial charge is 0.106 e. The third-order valence-electron chi connectivity index (χ3n) is 3.89. The van der Waals surface area contributed by atoms with E-state index in [9.17, 15) is 0 Å². The molecule has 0 amide bonds. The molecule has 0 spiro atoms. The molecule has 2 rings (SSSR count). The van der Waals surface area contributed by atoms with Crippen LogP contribution in [0, 0.1) is 12.3 Å². The summed E-state index contributed by atoms with van der Waals surface area (Å²) < 4.78 is 0.906. The molecule has 1 aromatic rings. The number of pyridine rings is 1. The zero-order valence-electron chi connectivity index (χ0n) is 10.9. The summed E-state index contributed by atoms with van der Waals surface area (Å²) in [5.41, 5.74) is 2.63. The van der Waals surface area contributed by atoms with E-state index < -0.39 is 0 Å². The van der Waals surface area contributed by atoms with Crippen molar-refractivity contribution in [3.8, 4) is 0 Å².